The molecule has 4 aliphatic rings. The maximum absolute atomic E-state index is 16.8. The van der Waals surface area contributed by atoms with E-state index in [9.17, 15) is 22.7 Å². The molecule has 8 nitrogen and oxygen atoms in total. The van der Waals surface area contributed by atoms with Crippen molar-refractivity contribution in [2.75, 3.05) is 50.9 Å². The molecule has 47 heavy (non-hydrogen) atoms. The fourth-order valence-corrected chi connectivity index (χ4v) is 8.16. The van der Waals surface area contributed by atoms with Gasteiger partial charge in [-0.2, -0.15) is 9.97 Å². The Morgan fingerprint density at radius 2 is 1.96 bits per heavy atom. The summed E-state index contributed by atoms with van der Waals surface area (Å²) >= 11 is 0. The summed E-state index contributed by atoms with van der Waals surface area (Å²) in [6.07, 6.45) is 2.07. The third kappa shape index (κ3) is 4.87. The van der Waals surface area contributed by atoms with Crippen LogP contribution in [0.25, 0.3) is 32.9 Å². The number of phenols is 1. The van der Waals surface area contributed by atoms with Gasteiger partial charge in [-0.15, -0.1) is 0 Å². The number of hydrogen-bond donors (Lipinski definition) is 1. The molecule has 8 rings (SSSR count). The zero-order valence-corrected chi connectivity index (χ0v) is 25.8. The second-order valence-electron chi connectivity index (χ2n) is 13.5. The van der Waals surface area contributed by atoms with Crippen molar-refractivity contribution in [1.82, 2.24) is 19.9 Å². The van der Waals surface area contributed by atoms with Gasteiger partial charge in [0.1, 0.15) is 41.4 Å². The van der Waals surface area contributed by atoms with Crippen molar-refractivity contribution in [3.05, 3.63) is 47.7 Å². The number of benzene rings is 2. The van der Waals surface area contributed by atoms with Crippen LogP contribution in [-0.2, 0) is 11.2 Å². The summed E-state index contributed by atoms with van der Waals surface area (Å²) in [6.45, 7) is 3.14. The quantitative estimate of drug-likeness (QED) is 0.246. The normalized spacial score (nSPS) is 27.1. The van der Waals surface area contributed by atoms with Gasteiger partial charge >= 0.3 is 6.01 Å². The van der Waals surface area contributed by atoms with Gasteiger partial charge in [0.05, 0.1) is 36.1 Å². The minimum Gasteiger partial charge on any atom is -0.508 e. The van der Waals surface area contributed by atoms with E-state index in [1.54, 1.807) is 11.8 Å². The number of aromatic hydroxyl groups is 1. The molecule has 1 unspecified atom stereocenters. The highest BCUT2D eigenvalue weighted by molar-refractivity contribution is 6.01. The molecular weight excluding hydrogens is 621 g/mol. The van der Waals surface area contributed by atoms with Gasteiger partial charge < -0.3 is 19.5 Å². The number of pyridine rings is 1. The molecular formula is C34H34F5N5O3. The number of alkyl halides is 3. The number of phenolic OH excluding ortho intramolecular Hbond substituents is 1. The van der Waals surface area contributed by atoms with Gasteiger partial charge in [-0.1, -0.05) is 13.0 Å². The van der Waals surface area contributed by atoms with Gasteiger partial charge in [-0.3, -0.25) is 9.88 Å². The van der Waals surface area contributed by atoms with Gasteiger partial charge in [0.2, 0.25) is 0 Å². The first kappa shape index (κ1) is 30.5. The van der Waals surface area contributed by atoms with Crippen LogP contribution >= 0.6 is 0 Å². The molecule has 13 heteroatoms. The molecule has 4 fully saturated rings. The summed E-state index contributed by atoms with van der Waals surface area (Å²) < 4.78 is 86.9. The number of rotatable bonds is 6. The van der Waals surface area contributed by atoms with E-state index in [-0.39, 0.29) is 79.1 Å². The average Bonchev–Trinajstić information content (AvgIpc) is 3.26. The third-order valence-electron chi connectivity index (χ3n) is 10.5. The highest BCUT2D eigenvalue weighted by atomic mass is 19.3. The van der Waals surface area contributed by atoms with Gasteiger partial charge in [0.15, 0.2) is 5.82 Å². The van der Waals surface area contributed by atoms with Crippen LogP contribution in [-0.4, -0.2) is 88.6 Å². The van der Waals surface area contributed by atoms with Crippen LogP contribution in [0.4, 0.5) is 27.8 Å². The second-order valence-corrected chi connectivity index (χ2v) is 13.5. The number of nitrogens with zero attached hydrogens (tertiary/aromatic N) is 5. The first-order valence-corrected chi connectivity index (χ1v) is 16.1. The molecule has 1 saturated carbocycles. The lowest BCUT2D eigenvalue weighted by atomic mass is 9.89. The van der Waals surface area contributed by atoms with Crippen molar-refractivity contribution in [3.8, 4) is 23.0 Å². The molecule has 3 aliphatic heterocycles. The molecule has 5 heterocycles. The minimum absolute atomic E-state index is 0.0422. The van der Waals surface area contributed by atoms with Crippen molar-refractivity contribution in [3.63, 3.8) is 0 Å². The fourth-order valence-electron chi connectivity index (χ4n) is 8.16. The Balaban J connectivity index is 1.25. The molecule has 1 N–H and O–H groups in total. The van der Waals surface area contributed by atoms with E-state index in [0.29, 0.717) is 48.7 Å². The lowest BCUT2D eigenvalue weighted by Crippen LogP contribution is -2.43. The molecule has 1 aliphatic carbocycles. The van der Waals surface area contributed by atoms with Crippen molar-refractivity contribution < 1.29 is 36.5 Å². The maximum atomic E-state index is 16.8. The van der Waals surface area contributed by atoms with E-state index in [1.807, 2.05) is 0 Å². The molecule has 0 bridgehead atoms. The van der Waals surface area contributed by atoms with Gasteiger partial charge in [0.25, 0.3) is 5.92 Å². The second kappa shape index (κ2) is 10.8. The lowest BCUT2D eigenvalue weighted by Gasteiger charge is -2.31. The van der Waals surface area contributed by atoms with E-state index in [1.165, 1.54) is 30.5 Å². The third-order valence-corrected chi connectivity index (χ3v) is 10.5. The number of hydrogen-bond acceptors (Lipinski definition) is 8. The van der Waals surface area contributed by atoms with Gasteiger partial charge in [-0.25, -0.2) is 22.0 Å². The van der Waals surface area contributed by atoms with Crippen LogP contribution in [0.3, 0.4) is 0 Å². The Morgan fingerprint density at radius 3 is 2.74 bits per heavy atom. The average molecular weight is 656 g/mol. The minimum atomic E-state index is -2.70. The highest BCUT2D eigenvalue weighted by Gasteiger charge is 2.77. The Bertz CT molecular complexity index is 1910. The molecule has 1 spiro atoms. The lowest BCUT2D eigenvalue weighted by molar-refractivity contribution is 0.0647. The van der Waals surface area contributed by atoms with E-state index in [4.69, 9.17) is 9.47 Å². The van der Waals surface area contributed by atoms with Gasteiger partial charge in [0, 0.05) is 31.3 Å². The summed E-state index contributed by atoms with van der Waals surface area (Å²) in [5, 5.41) is 11.7. The van der Waals surface area contributed by atoms with Crippen molar-refractivity contribution >= 4 is 27.5 Å². The zero-order valence-electron chi connectivity index (χ0n) is 25.8. The Morgan fingerprint density at radius 1 is 1.13 bits per heavy atom. The van der Waals surface area contributed by atoms with Crippen molar-refractivity contribution in [2.45, 2.75) is 56.7 Å². The summed E-state index contributed by atoms with van der Waals surface area (Å²) in [5.74, 6) is -3.96. The largest absolute Gasteiger partial charge is 0.508 e. The van der Waals surface area contributed by atoms with Crippen LogP contribution in [0.2, 0.25) is 0 Å². The topological polar surface area (TPSA) is 83.8 Å². The zero-order chi connectivity index (χ0) is 32.7. The molecule has 4 aromatic rings. The standard InChI is InChI=1S/C34H34F5N5O3/c1-2-22-25(36)5-4-19-10-21(45)11-23(26(19)22)28-27(37)29-24(12-40-28)30(43-8-9-46-14-20(35)13-43)42-31(41-29)47-18-33-6-3-7-44(33)17-32(15-33)16-34(32,38)39/h4-5,10-12,20,45H,2-3,6-9,13-18H2,1H3/t20?,32-,33-/m0/s1. The number of ether oxygens (including phenoxy) is 2. The summed E-state index contributed by atoms with van der Waals surface area (Å²) in [5.41, 5.74) is -1.43. The van der Waals surface area contributed by atoms with Crippen molar-refractivity contribution in [2.24, 2.45) is 5.41 Å². The van der Waals surface area contributed by atoms with Crippen LogP contribution in [0.15, 0.2) is 30.5 Å². The predicted molar refractivity (Wildman–Crippen MR) is 165 cm³/mol. The van der Waals surface area contributed by atoms with E-state index in [2.05, 4.69) is 19.9 Å². The molecule has 3 saturated heterocycles. The molecule has 248 valence electrons. The molecule has 0 amide bonds. The van der Waals surface area contributed by atoms with E-state index < -0.39 is 34.7 Å². The van der Waals surface area contributed by atoms with Crippen molar-refractivity contribution in [1.29, 1.82) is 0 Å². The number of halogens is 5. The maximum Gasteiger partial charge on any atom is 0.319 e. The highest BCUT2D eigenvalue weighted by Crippen LogP contribution is 2.69. The van der Waals surface area contributed by atoms with Crippen LogP contribution in [0.1, 0.15) is 38.2 Å². The van der Waals surface area contributed by atoms with Gasteiger partial charge in [-0.05, 0) is 66.8 Å². The number of anilines is 1. The summed E-state index contributed by atoms with van der Waals surface area (Å²) in [4.78, 5) is 17.2. The summed E-state index contributed by atoms with van der Waals surface area (Å²) in [7, 11) is 0. The molecule has 3 atom stereocenters. The molecule has 2 aromatic heterocycles. The number of fused-ring (bicyclic) bond motifs is 3. The Labute approximate surface area is 267 Å². The first-order chi connectivity index (χ1) is 22.5. The smallest absolute Gasteiger partial charge is 0.319 e. The Hall–Kier alpha value is -3.84. The predicted octanol–water partition coefficient (Wildman–Crippen LogP) is 6.21. The van der Waals surface area contributed by atoms with Crippen LogP contribution in [0.5, 0.6) is 11.8 Å². The SMILES string of the molecule is CCc1c(F)ccc2cc(O)cc(-c3ncc4c(N5CCOCC(F)C5)nc(OC[C@@]56CCCN5C[C@@]5(CC5(F)F)C6)nc4c3F)c12. The fraction of sp³-hybridized carbons (Fsp3) is 0.500. The Kier molecular flexibility index (Phi) is 7.03. The van der Waals surface area contributed by atoms with E-state index in [0.717, 1.165) is 6.42 Å². The number of aryl methyl sites for hydroxylation is 1. The number of aromatic nitrogens is 3. The molecule has 2 aromatic carbocycles. The van der Waals surface area contributed by atoms with Crippen LogP contribution < -0.4 is 9.64 Å². The monoisotopic (exact) mass is 655 g/mol. The molecule has 0 radical (unpaired) electrons. The summed E-state index contributed by atoms with van der Waals surface area (Å²) in [6, 6.07) is 5.48. The van der Waals surface area contributed by atoms with E-state index >= 15 is 4.39 Å². The van der Waals surface area contributed by atoms with Crippen LogP contribution in [0, 0.1) is 17.0 Å². The first-order valence-electron chi connectivity index (χ1n) is 16.1.